The minimum atomic E-state index is -0.578. The molecule has 1 amide bonds. The van der Waals surface area contributed by atoms with Crippen LogP contribution in [0.4, 0.5) is 0 Å². The summed E-state index contributed by atoms with van der Waals surface area (Å²) in [4.78, 5) is 11.9. The number of nitrogens with zero attached hydrogens (tertiary/aromatic N) is 1. The molecule has 0 unspecified atom stereocenters. The number of rotatable bonds is 7. The van der Waals surface area contributed by atoms with Crippen LogP contribution in [-0.4, -0.2) is 11.4 Å². The van der Waals surface area contributed by atoms with Crippen molar-refractivity contribution in [2.24, 2.45) is 0 Å². The fraction of sp³-hybridized carbons (Fsp3) is 0.714. The van der Waals surface area contributed by atoms with Crippen LogP contribution in [0.15, 0.2) is 10.6 Å². The van der Waals surface area contributed by atoms with Gasteiger partial charge in [-0.2, -0.15) is 5.26 Å². The van der Waals surface area contributed by atoms with E-state index in [1.54, 1.807) is 0 Å². The normalized spacial score (nSPS) is 17.7. The average Bonchev–Trinajstić information content (AvgIpc) is 3.13. The zero-order valence-electron chi connectivity index (χ0n) is 11.2. The molecule has 18 heavy (non-hydrogen) atoms. The molecule has 1 fully saturated rings. The van der Waals surface area contributed by atoms with Crippen molar-refractivity contribution in [2.75, 3.05) is 0 Å². The van der Waals surface area contributed by atoms with Crippen LogP contribution in [0.1, 0.15) is 58.8 Å². The van der Waals surface area contributed by atoms with Crippen molar-refractivity contribution < 1.29 is 4.79 Å². The van der Waals surface area contributed by atoms with Crippen LogP contribution in [-0.2, 0) is 4.79 Å². The lowest BCUT2D eigenvalue weighted by atomic mass is 10.1. The van der Waals surface area contributed by atoms with Crippen molar-refractivity contribution in [2.45, 2.75) is 64.3 Å². The number of carbonyl (C=O) groups is 1. The van der Waals surface area contributed by atoms with Crippen LogP contribution in [0.25, 0.3) is 0 Å². The summed E-state index contributed by atoms with van der Waals surface area (Å²) >= 11 is 6.23. The fourth-order valence-corrected chi connectivity index (χ4v) is 2.15. The Labute approximate surface area is 114 Å². The minimum Gasteiger partial charge on any atom is -0.338 e. The first-order valence-corrected chi connectivity index (χ1v) is 7.03. The lowest BCUT2D eigenvalue weighted by Gasteiger charge is -2.12. The molecule has 0 spiro atoms. The van der Waals surface area contributed by atoms with Gasteiger partial charge < -0.3 is 5.32 Å². The number of allylic oxidation sites excluding steroid dienone is 1. The van der Waals surface area contributed by atoms with Crippen LogP contribution in [0, 0.1) is 11.3 Å². The summed E-state index contributed by atoms with van der Waals surface area (Å²) in [5.41, 5.74) is 0.419. The summed E-state index contributed by atoms with van der Waals surface area (Å²) < 4.78 is 0. The summed E-state index contributed by atoms with van der Waals surface area (Å²) in [5, 5.41) is 12.5. The Morgan fingerprint density at radius 1 is 1.44 bits per heavy atom. The topological polar surface area (TPSA) is 52.9 Å². The summed E-state index contributed by atoms with van der Waals surface area (Å²) in [6.07, 6.45) is 5.63. The number of amides is 1. The van der Waals surface area contributed by atoms with Gasteiger partial charge in [-0.3, -0.25) is 4.79 Å². The average molecular weight is 269 g/mol. The van der Waals surface area contributed by atoms with Gasteiger partial charge in [0, 0.05) is 11.5 Å². The first-order valence-electron chi connectivity index (χ1n) is 6.65. The van der Waals surface area contributed by atoms with Crippen LogP contribution in [0.2, 0.25) is 0 Å². The highest BCUT2D eigenvalue weighted by Crippen LogP contribution is 2.34. The van der Waals surface area contributed by atoms with Gasteiger partial charge in [-0.05, 0) is 37.7 Å². The Morgan fingerprint density at radius 2 is 2.11 bits per heavy atom. The van der Waals surface area contributed by atoms with Crippen molar-refractivity contribution in [3.63, 3.8) is 0 Å². The van der Waals surface area contributed by atoms with Crippen molar-refractivity contribution >= 4 is 17.5 Å². The number of carbonyl (C=O) groups excluding carboxylic acids is 1. The molecule has 0 aromatic heterocycles. The van der Waals surface area contributed by atoms with Crippen molar-refractivity contribution in [3.8, 4) is 6.07 Å². The van der Waals surface area contributed by atoms with Gasteiger partial charge in [-0.1, -0.05) is 31.9 Å². The molecule has 4 heteroatoms. The molecule has 1 aliphatic carbocycles. The summed E-state index contributed by atoms with van der Waals surface area (Å²) in [6.45, 7) is 4.13. The van der Waals surface area contributed by atoms with E-state index in [4.69, 9.17) is 16.9 Å². The molecule has 0 heterocycles. The molecule has 0 bridgehead atoms. The van der Waals surface area contributed by atoms with Crippen LogP contribution in [0.5, 0.6) is 0 Å². The summed E-state index contributed by atoms with van der Waals surface area (Å²) in [7, 11) is 0. The zero-order chi connectivity index (χ0) is 13.6. The molecule has 1 N–H and O–H groups in total. The third-order valence-corrected chi connectivity index (χ3v) is 3.73. The Bertz CT molecular complexity index is 378. The Hall–Kier alpha value is -1.01. The number of unbranched alkanes of at least 4 members (excludes halogenated alkanes) is 1. The monoisotopic (exact) mass is 268 g/mol. The van der Waals surface area contributed by atoms with E-state index in [-0.39, 0.29) is 5.91 Å². The Kier molecular flexibility index (Phi) is 5.68. The quantitative estimate of drug-likeness (QED) is 0.766. The van der Waals surface area contributed by atoms with Crippen LogP contribution >= 0.6 is 11.6 Å². The highest BCUT2D eigenvalue weighted by Gasteiger charge is 2.44. The fourth-order valence-electron chi connectivity index (χ4n) is 1.82. The first-order chi connectivity index (χ1) is 8.56. The van der Waals surface area contributed by atoms with Gasteiger partial charge in [-0.15, -0.1) is 0 Å². The third-order valence-electron chi connectivity index (χ3n) is 3.28. The number of hydrogen-bond acceptors (Lipinski definition) is 2. The molecule has 0 aliphatic heterocycles. The highest BCUT2D eigenvalue weighted by molar-refractivity contribution is 6.30. The maximum absolute atomic E-state index is 11.9. The zero-order valence-corrected chi connectivity index (χ0v) is 11.9. The predicted octanol–water partition coefficient (Wildman–Crippen LogP) is 3.64. The first kappa shape index (κ1) is 15.0. The highest BCUT2D eigenvalue weighted by atomic mass is 35.5. The summed E-state index contributed by atoms with van der Waals surface area (Å²) in [5.74, 6) is -0.0828. The number of nitriles is 1. The van der Waals surface area contributed by atoms with E-state index < -0.39 is 5.54 Å². The van der Waals surface area contributed by atoms with Crippen LogP contribution in [0.3, 0.4) is 0 Å². The molecular weight excluding hydrogens is 248 g/mol. The van der Waals surface area contributed by atoms with Gasteiger partial charge in [0.05, 0.1) is 6.07 Å². The van der Waals surface area contributed by atoms with Gasteiger partial charge in [0.15, 0.2) is 0 Å². The molecular formula is C14H21ClN2O. The number of hydrogen-bond donors (Lipinski definition) is 1. The molecule has 100 valence electrons. The largest absolute Gasteiger partial charge is 0.338 e. The van der Waals surface area contributed by atoms with E-state index in [1.165, 1.54) is 0 Å². The van der Waals surface area contributed by atoms with Gasteiger partial charge in [-0.25, -0.2) is 0 Å². The van der Waals surface area contributed by atoms with E-state index >= 15 is 0 Å². The predicted molar refractivity (Wildman–Crippen MR) is 73.0 cm³/mol. The molecule has 0 atom stereocenters. The van der Waals surface area contributed by atoms with E-state index in [0.29, 0.717) is 6.42 Å². The minimum absolute atomic E-state index is 0.0828. The van der Waals surface area contributed by atoms with Crippen molar-refractivity contribution in [3.05, 3.63) is 10.6 Å². The second-order valence-corrected chi connectivity index (χ2v) is 5.34. The van der Waals surface area contributed by atoms with Gasteiger partial charge in [0.25, 0.3) is 0 Å². The maximum Gasteiger partial charge on any atom is 0.225 e. The Balaban J connectivity index is 2.52. The molecule has 1 saturated carbocycles. The lowest BCUT2D eigenvalue weighted by molar-refractivity contribution is -0.121. The molecule has 3 nitrogen and oxygen atoms in total. The Morgan fingerprint density at radius 3 is 2.56 bits per heavy atom. The van der Waals surface area contributed by atoms with Crippen LogP contribution < -0.4 is 5.32 Å². The number of halogens is 1. The van der Waals surface area contributed by atoms with Crippen molar-refractivity contribution in [1.29, 1.82) is 5.26 Å². The second kappa shape index (κ2) is 6.80. The molecule has 0 aromatic carbocycles. The molecule has 1 rings (SSSR count). The smallest absolute Gasteiger partial charge is 0.225 e. The lowest BCUT2D eigenvalue weighted by Crippen LogP contribution is -2.35. The molecule has 0 radical (unpaired) electrons. The van der Waals surface area contributed by atoms with E-state index in [2.05, 4.69) is 18.3 Å². The molecule has 1 aliphatic rings. The van der Waals surface area contributed by atoms with Gasteiger partial charge in [0.1, 0.15) is 5.54 Å². The molecule has 0 saturated heterocycles. The summed E-state index contributed by atoms with van der Waals surface area (Å²) in [6, 6.07) is 2.16. The van der Waals surface area contributed by atoms with Gasteiger partial charge >= 0.3 is 0 Å². The van der Waals surface area contributed by atoms with E-state index in [1.807, 2.05) is 6.92 Å². The standard InChI is InChI=1S/C14H21ClN2O/c1-3-5-6-12(15)11(4-2)9-13(18)17-14(10-16)7-8-14/h3-9H2,1-2H3,(H,17,18)/b12-11-. The SMILES string of the molecule is CCCC/C(Cl)=C(\CC)CC(=O)NC1(C#N)CC1. The van der Waals surface area contributed by atoms with E-state index in [0.717, 1.165) is 49.1 Å². The maximum atomic E-state index is 11.9. The molecule has 0 aromatic rings. The third kappa shape index (κ3) is 4.34. The second-order valence-electron chi connectivity index (χ2n) is 4.88. The van der Waals surface area contributed by atoms with Gasteiger partial charge in [0.2, 0.25) is 5.91 Å². The van der Waals surface area contributed by atoms with Crippen molar-refractivity contribution in [1.82, 2.24) is 5.32 Å². The number of nitrogens with one attached hydrogen (secondary N) is 1. The van der Waals surface area contributed by atoms with E-state index in [9.17, 15) is 4.79 Å².